The summed E-state index contributed by atoms with van der Waals surface area (Å²) in [7, 11) is 0. The molecule has 0 saturated carbocycles. The maximum absolute atomic E-state index is 13.7. The molecule has 1 aromatic rings. The molecule has 0 N–H and O–H groups in total. The summed E-state index contributed by atoms with van der Waals surface area (Å²) >= 11 is 0.879. The van der Waals surface area contributed by atoms with Crippen LogP contribution < -0.4 is 0 Å². The molecule has 3 rings (SSSR count). The SMILES string of the molecule is O=C1SC(=Cc2ccccc2F)C(=O)N1CN1CCCCC1. The van der Waals surface area contributed by atoms with Crippen LogP contribution in [0.25, 0.3) is 6.08 Å². The van der Waals surface area contributed by atoms with E-state index in [4.69, 9.17) is 0 Å². The van der Waals surface area contributed by atoms with Gasteiger partial charge in [0.2, 0.25) is 0 Å². The largest absolute Gasteiger partial charge is 0.294 e. The fourth-order valence-corrected chi connectivity index (χ4v) is 3.48. The number of amides is 2. The number of carbonyl (C=O) groups is 2. The molecule has 0 radical (unpaired) electrons. The van der Waals surface area contributed by atoms with E-state index in [-0.39, 0.29) is 16.1 Å². The Hall–Kier alpha value is -1.66. The quantitative estimate of drug-likeness (QED) is 0.801. The van der Waals surface area contributed by atoms with Crippen LogP contribution in [0.4, 0.5) is 9.18 Å². The number of imide groups is 1. The Morgan fingerprint density at radius 3 is 2.59 bits per heavy atom. The molecule has 6 heteroatoms. The van der Waals surface area contributed by atoms with E-state index in [9.17, 15) is 14.0 Å². The summed E-state index contributed by atoms with van der Waals surface area (Å²) in [5, 5.41) is -0.279. The van der Waals surface area contributed by atoms with E-state index in [1.165, 1.54) is 23.5 Å². The Kier molecular flexibility index (Phi) is 4.59. The fourth-order valence-electron chi connectivity index (χ4n) is 2.66. The molecule has 4 nitrogen and oxygen atoms in total. The van der Waals surface area contributed by atoms with Gasteiger partial charge in [0.05, 0.1) is 11.6 Å². The first-order valence-electron chi connectivity index (χ1n) is 7.37. The van der Waals surface area contributed by atoms with Crippen molar-refractivity contribution in [2.75, 3.05) is 19.8 Å². The third kappa shape index (κ3) is 3.23. The van der Waals surface area contributed by atoms with Gasteiger partial charge in [-0.15, -0.1) is 0 Å². The summed E-state index contributed by atoms with van der Waals surface area (Å²) < 4.78 is 13.7. The van der Waals surface area contributed by atoms with Crippen molar-refractivity contribution in [2.24, 2.45) is 0 Å². The molecule has 1 aromatic carbocycles. The lowest BCUT2D eigenvalue weighted by atomic mass is 10.1. The van der Waals surface area contributed by atoms with Gasteiger partial charge in [-0.2, -0.15) is 0 Å². The van der Waals surface area contributed by atoms with Crippen molar-refractivity contribution in [3.05, 3.63) is 40.6 Å². The number of thioether (sulfide) groups is 1. The summed E-state index contributed by atoms with van der Waals surface area (Å²) in [6.45, 7) is 2.15. The average Bonchev–Trinajstić information content (AvgIpc) is 2.78. The second kappa shape index (κ2) is 6.62. The molecule has 2 heterocycles. The van der Waals surface area contributed by atoms with Crippen LogP contribution in [-0.4, -0.2) is 40.7 Å². The molecule has 0 aromatic heterocycles. The number of benzene rings is 1. The normalized spacial score (nSPS) is 21.9. The van der Waals surface area contributed by atoms with Crippen LogP contribution in [0.15, 0.2) is 29.2 Å². The first-order valence-corrected chi connectivity index (χ1v) is 8.19. The van der Waals surface area contributed by atoms with E-state index in [1.54, 1.807) is 18.2 Å². The third-order valence-corrected chi connectivity index (χ3v) is 4.76. The van der Waals surface area contributed by atoms with Crippen molar-refractivity contribution >= 4 is 29.0 Å². The molecule has 0 aliphatic carbocycles. The summed E-state index contributed by atoms with van der Waals surface area (Å²) in [5.41, 5.74) is 0.325. The smallest absolute Gasteiger partial charge is 0.286 e. The van der Waals surface area contributed by atoms with Crippen LogP contribution in [0.5, 0.6) is 0 Å². The van der Waals surface area contributed by atoms with Gasteiger partial charge in [0.1, 0.15) is 5.82 Å². The van der Waals surface area contributed by atoms with Gasteiger partial charge < -0.3 is 0 Å². The topological polar surface area (TPSA) is 40.6 Å². The Balaban J connectivity index is 1.75. The van der Waals surface area contributed by atoms with Gasteiger partial charge in [0, 0.05) is 5.56 Å². The van der Waals surface area contributed by atoms with Gasteiger partial charge >= 0.3 is 0 Å². The highest BCUT2D eigenvalue weighted by Crippen LogP contribution is 2.32. The molecule has 22 heavy (non-hydrogen) atoms. The molecule has 2 saturated heterocycles. The second-order valence-corrected chi connectivity index (χ2v) is 6.44. The van der Waals surface area contributed by atoms with Crippen molar-refractivity contribution < 1.29 is 14.0 Å². The average molecular weight is 320 g/mol. The highest BCUT2D eigenvalue weighted by atomic mass is 32.2. The third-order valence-electron chi connectivity index (χ3n) is 3.86. The monoisotopic (exact) mass is 320 g/mol. The number of piperidine rings is 1. The zero-order valence-corrected chi connectivity index (χ0v) is 12.9. The van der Waals surface area contributed by atoms with Crippen LogP contribution in [0.2, 0.25) is 0 Å². The molecular weight excluding hydrogens is 303 g/mol. The van der Waals surface area contributed by atoms with Crippen LogP contribution in [-0.2, 0) is 4.79 Å². The number of hydrogen-bond acceptors (Lipinski definition) is 4. The van der Waals surface area contributed by atoms with E-state index in [1.807, 2.05) is 0 Å². The summed E-state index contributed by atoms with van der Waals surface area (Å²) in [5.74, 6) is -0.728. The Morgan fingerprint density at radius 2 is 1.86 bits per heavy atom. The first-order chi connectivity index (χ1) is 10.6. The maximum Gasteiger partial charge on any atom is 0.294 e. The van der Waals surface area contributed by atoms with E-state index in [0.717, 1.165) is 37.7 Å². The van der Waals surface area contributed by atoms with Crippen molar-refractivity contribution in [1.82, 2.24) is 9.80 Å². The molecule has 0 atom stereocenters. The van der Waals surface area contributed by atoms with Gasteiger partial charge in [0.25, 0.3) is 11.1 Å². The lowest BCUT2D eigenvalue weighted by molar-refractivity contribution is -0.124. The zero-order chi connectivity index (χ0) is 15.5. The molecule has 0 spiro atoms. The predicted octanol–water partition coefficient (Wildman–Crippen LogP) is 3.31. The Labute approximate surface area is 133 Å². The molecule has 2 aliphatic rings. The van der Waals surface area contributed by atoms with E-state index < -0.39 is 5.82 Å². The van der Waals surface area contributed by atoms with Gasteiger partial charge in [-0.05, 0) is 49.8 Å². The second-order valence-electron chi connectivity index (χ2n) is 5.45. The van der Waals surface area contributed by atoms with Crippen molar-refractivity contribution in [3.63, 3.8) is 0 Å². The minimum atomic E-state index is -0.398. The molecule has 0 bridgehead atoms. The van der Waals surface area contributed by atoms with Gasteiger partial charge in [-0.25, -0.2) is 4.39 Å². The molecule has 2 aliphatic heterocycles. The van der Waals surface area contributed by atoms with Gasteiger partial charge in [-0.1, -0.05) is 24.6 Å². The fraction of sp³-hybridized carbons (Fsp3) is 0.375. The van der Waals surface area contributed by atoms with Crippen LogP contribution >= 0.6 is 11.8 Å². The lowest BCUT2D eigenvalue weighted by Gasteiger charge is -2.29. The summed E-state index contributed by atoms with van der Waals surface area (Å²) in [4.78, 5) is 28.1. The molecule has 116 valence electrons. The Bertz CT molecular complexity index is 626. The van der Waals surface area contributed by atoms with E-state index in [2.05, 4.69) is 4.90 Å². The number of halogens is 1. The van der Waals surface area contributed by atoms with Crippen molar-refractivity contribution in [2.45, 2.75) is 19.3 Å². The van der Waals surface area contributed by atoms with Crippen LogP contribution in [0, 0.1) is 5.82 Å². The van der Waals surface area contributed by atoms with Crippen LogP contribution in [0.1, 0.15) is 24.8 Å². The summed E-state index contributed by atoms with van der Waals surface area (Å²) in [6, 6.07) is 6.22. The number of likely N-dealkylation sites (tertiary alicyclic amines) is 1. The van der Waals surface area contributed by atoms with Crippen molar-refractivity contribution in [3.8, 4) is 0 Å². The molecule has 0 unspecified atom stereocenters. The number of hydrogen-bond donors (Lipinski definition) is 0. The lowest BCUT2D eigenvalue weighted by Crippen LogP contribution is -2.42. The first kappa shape index (κ1) is 15.2. The van der Waals surface area contributed by atoms with Crippen molar-refractivity contribution in [1.29, 1.82) is 0 Å². The number of rotatable bonds is 3. The Morgan fingerprint density at radius 1 is 1.14 bits per heavy atom. The van der Waals surface area contributed by atoms with Gasteiger partial charge in [-0.3, -0.25) is 19.4 Å². The highest BCUT2D eigenvalue weighted by Gasteiger charge is 2.36. The standard InChI is InChI=1S/C16H17FN2O2S/c17-13-7-3-2-6-12(13)10-14-15(20)19(16(21)22-14)11-18-8-4-1-5-9-18/h2-3,6-7,10H,1,4-5,8-9,11H2. The molecular formula is C16H17FN2O2S. The van der Waals surface area contributed by atoms with Gasteiger partial charge in [0.15, 0.2) is 0 Å². The zero-order valence-electron chi connectivity index (χ0n) is 12.1. The van der Waals surface area contributed by atoms with E-state index in [0.29, 0.717) is 12.2 Å². The van der Waals surface area contributed by atoms with E-state index >= 15 is 0 Å². The minimum absolute atomic E-state index is 0.279. The number of carbonyl (C=O) groups excluding carboxylic acids is 2. The maximum atomic E-state index is 13.7. The highest BCUT2D eigenvalue weighted by molar-refractivity contribution is 8.18. The molecule has 2 amide bonds. The minimum Gasteiger partial charge on any atom is -0.286 e. The van der Waals surface area contributed by atoms with Crippen LogP contribution in [0.3, 0.4) is 0 Å². The summed E-state index contributed by atoms with van der Waals surface area (Å²) in [6.07, 6.45) is 4.85. The number of nitrogens with zero attached hydrogens (tertiary/aromatic N) is 2. The molecule has 2 fully saturated rings. The predicted molar refractivity (Wildman–Crippen MR) is 84.5 cm³/mol.